The van der Waals surface area contributed by atoms with Crippen LogP contribution in [0.4, 0.5) is 4.39 Å². The van der Waals surface area contributed by atoms with Crippen LogP contribution in [0, 0.1) is 5.82 Å². The number of fused-ring (bicyclic) bond motifs is 1. The van der Waals surface area contributed by atoms with Gasteiger partial charge >= 0.3 is 0 Å². The first-order valence-electron chi connectivity index (χ1n) is 9.47. The number of hydrogen-bond donors (Lipinski definition) is 1. The highest BCUT2D eigenvalue weighted by atomic mass is 19.1. The molecule has 1 amide bonds. The Kier molecular flexibility index (Phi) is 5.80. The van der Waals surface area contributed by atoms with E-state index in [1.54, 1.807) is 0 Å². The van der Waals surface area contributed by atoms with E-state index in [1.807, 2.05) is 42.5 Å². The van der Waals surface area contributed by atoms with Crippen molar-refractivity contribution in [1.29, 1.82) is 0 Å². The first-order chi connectivity index (χ1) is 14.7. The molecule has 0 saturated heterocycles. The molecule has 0 bridgehead atoms. The van der Waals surface area contributed by atoms with Crippen LogP contribution in [0.25, 0.3) is 10.8 Å². The summed E-state index contributed by atoms with van der Waals surface area (Å²) < 4.78 is 19.1. The molecule has 4 rings (SSSR count). The lowest BCUT2D eigenvalue weighted by molar-refractivity contribution is 0.0954. The van der Waals surface area contributed by atoms with E-state index >= 15 is 0 Å². The van der Waals surface area contributed by atoms with Crippen LogP contribution in [0.2, 0.25) is 0 Å². The van der Waals surface area contributed by atoms with Crippen LogP contribution in [0.3, 0.4) is 0 Å². The third-order valence-electron chi connectivity index (χ3n) is 4.62. The second-order valence-corrected chi connectivity index (χ2v) is 6.71. The Balaban J connectivity index is 1.35. The molecule has 4 nitrogen and oxygen atoms in total. The zero-order chi connectivity index (χ0) is 20.8. The van der Waals surface area contributed by atoms with Gasteiger partial charge in [-0.15, -0.1) is 0 Å². The molecule has 0 unspecified atom stereocenters. The van der Waals surface area contributed by atoms with Crippen molar-refractivity contribution in [3.63, 3.8) is 0 Å². The molecule has 0 aliphatic rings. The van der Waals surface area contributed by atoms with Gasteiger partial charge in [0, 0.05) is 5.56 Å². The molecule has 0 fully saturated rings. The Hall–Kier alpha value is -3.99. The molecule has 1 N–H and O–H groups in total. The first kappa shape index (κ1) is 19.3. The topological polar surface area (TPSA) is 50.7 Å². The van der Waals surface area contributed by atoms with E-state index in [1.165, 1.54) is 35.2 Å². The maximum absolute atomic E-state index is 13.2. The van der Waals surface area contributed by atoms with E-state index in [9.17, 15) is 9.18 Å². The fraction of sp³-hybridized carbons (Fsp3) is 0.0400. The summed E-state index contributed by atoms with van der Waals surface area (Å²) in [7, 11) is 0. The molecule has 30 heavy (non-hydrogen) atoms. The van der Waals surface area contributed by atoms with Gasteiger partial charge in [-0.05, 0) is 64.4 Å². The van der Waals surface area contributed by atoms with E-state index in [4.69, 9.17) is 4.74 Å². The minimum atomic E-state index is -0.471. The molecule has 0 heterocycles. The highest BCUT2D eigenvalue weighted by Gasteiger charge is 2.05. The number of nitrogens with zero attached hydrogens (tertiary/aromatic N) is 1. The second kappa shape index (κ2) is 9.01. The molecular formula is C25H19FN2O2. The van der Waals surface area contributed by atoms with Crippen LogP contribution in [0.15, 0.2) is 96.1 Å². The Morgan fingerprint density at radius 1 is 0.933 bits per heavy atom. The summed E-state index contributed by atoms with van der Waals surface area (Å²) in [4.78, 5) is 11.9. The molecule has 5 heteroatoms. The summed E-state index contributed by atoms with van der Waals surface area (Å²) >= 11 is 0. The molecule has 0 radical (unpaired) electrons. The average Bonchev–Trinajstić information content (AvgIpc) is 2.78. The van der Waals surface area contributed by atoms with Crippen LogP contribution in [-0.4, -0.2) is 12.1 Å². The lowest BCUT2D eigenvalue weighted by Crippen LogP contribution is -2.17. The second-order valence-electron chi connectivity index (χ2n) is 6.71. The standard InChI is InChI=1S/C25H19FN2O2/c26-22-9-4-7-20(15-22)25(29)28-27-16-18-11-13-23(14-12-18)30-17-21-8-3-6-19-5-1-2-10-24(19)21/h1-16H,17H2,(H,28,29). The predicted molar refractivity (Wildman–Crippen MR) is 116 cm³/mol. The molecule has 0 saturated carbocycles. The van der Waals surface area contributed by atoms with Gasteiger partial charge in [0.05, 0.1) is 6.21 Å². The van der Waals surface area contributed by atoms with Crippen molar-refractivity contribution in [2.75, 3.05) is 0 Å². The summed E-state index contributed by atoms with van der Waals surface area (Å²) in [6.45, 7) is 0.471. The van der Waals surface area contributed by atoms with Crippen molar-refractivity contribution in [3.8, 4) is 5.75 Å². The monoisotopic (exact) mass is 398 g/mol. The van der Waals surface area contributed by atoms with Crippen molar-refractivity contribution in [2.24, 2.45) is 5.10 Å². The molecule has 0 aliphatic carbocycles. The van der Waals surface area contributed by atoms with Gasteiger partial charge in [-0.3, -0.25) is 4.79 Å². The number of ether oxygens (including phenoxy) is 1. The molecule has 4 aromatic rings. The van der Waals surface area contributed by atoms with Crippen LogP contribution in [-0.2, 0) is 6.61 Å². The van der Waals surface area contributed by atoms with Gasteiger partial charge in [0.1, 0.15) is 18.2 Å². The fourth-order valence-electron chi connectivity index (χ4n) is 3.09. The molecule has 0 spiro atoms. The summed E-state index contributed by atoms with van der Waals surface area (Å²) in [6.07, 6.45) is 1.52. The Morgan fingerprint density at radius 3 is 2.53 bits per heavy atom. The number of carbonyl (C=O) groups is 1. The van der Waals surface area contributed by atoms with E-state index in [0.29, 0.717) is 6.61 Å². The number of hydrazone groups is 1. The quantitative estimate of drug-likeness (QED) is 0.353. The third kappa shape index (κ3) is 4.70. The molecule has 0 aromatic heterocycles. The van der Waals surface area contributed by atoms with E-state index < -0.39 is 11.7 Å². The molecule has 0 aliphatic heterocycles. The van der Waals surface area contributed by atoms with Gasteiger partial charge in [-0.2, -0.15) is 5.10 Å². The van der Waals surface area contributed by atoms with Crippen LogP contribution >= 0.6 is 0 Å². The van der Waals surface area contributed by atoms with E-state index in [2.05, 4.69) is 34.8 Å². The Morgan fingerprint density at radius 2 is 1.70 bits per heavy atom. The van der Waals surface area contributed by atoms with Gasteiger partial charge in [0.25, 0.3) is 5.91 Å². The van der Waals surface area contributed by atoms with Gasteiger partial charge in [-0.25, -0.2) is 9.82 Å². The van der Waals surface area contributed by atoms with Crippen LogP contribution in [0.1, 0.15) is 21.5 Å². The highest BCUT2D eigenvalue weighted by molar-refractivity contribution is 5.94. The number of rotatable bonds is 6. The molecule has 0 atom stereocenters. The number of carbonyl (C=O) groups excluding carboxylic acids is 1. The van der Waals surface area contributed by atoms with Crippen molar-refractivity contribution in [3.05, 3.63) is 114 Å². The maximum Gasteiger partial charge on any atom is 0.271 e. The van der Waals surface area contributed by atoms with Crippen molar-refractivity contribution in [1.82, 2.24) is 5.43 Å². The zero-order valence-electron chi connectivity index (χ0n) is 16.1. The van der Waals surface area contributed by atoms with Gasteiger partial charge < -0.3 is 4.74 Å². The molecular weight excluding hydrogens is 379 g/mol. The molecule has 4 aromatic carbocycles. The summed E-state index contributed by atoms with van der Waals surface area (Å²) in [5.41, 5.74) is 4.52. The fourth-order valence-corrected chi connectivity index (χ4v) is 3.09. The lowest BCUT2D eigenvalue weighted by Gasteiger charge is -2.09. The van der Waals surface area contributed by atoms with Gasteiger partial charge in [0.2, 0.25) is 0 Å². The number of amides is 1. The van der Waals surface area contributed by atoms with E-state index in [-0.39, 0.29) is 5.56 Å². The summed E-state index contributed by atoms with van der Waals surface area (Å²) in [5.74, 6) is -0.199. The third-order valence-corrected chi connectivity index (χ3v) is 4.62. The van der Waals surface area contributed by atoms with Crippen LogP contribution in [0.5, 0.6) is 5.75 Å². The van der Waals surface area contributed by atoms with Crippen LogP contribution < -0.4 is 10.2 Å². The largest absolute Gasteiger partial charge is 0.489 e. The molecule has 148 valence electrons. The lowest BCUT2D eigenvalue weighted by atomic mass is 10.1. The normalized spacial score (nSPS) is 11.0. The van der Waals surface area contributed by atoms with E-state index in [0.717, 1.165) is 22.9 Å². The van der Waals surface area contributed by atoms with Gasteiger partial charge in [0.15, 0.2) is 0 Å². The predicted octanol–water partition coefficient (Wildman–Crippen LogP) is 5.32. The first-order valence-corrected chi connectivity index (χ1v) is 9.47. The van der Waals surface area contributed by atoms with Crippen molar-refractivity contribution < 1.29 is 13.9 Å². The Bertz CT molecular complexity index is 1200. The smallest absolute Gasteiger partial charge is 0.271 e. The maximum atomic E-state index is 13.2. The number of benzene rings is 4. The minimum absolute atomic E-state index is 0.212. The summed E-state index contributed by atoms with van der Waals surface area (Å²) in [5, 5.41) is 6.28. The van der Waals surface area contributed by atoms with Gasteiger partial charge in [-0.1, -0.05) is 48.5 Å². The SMILES string of the molecule is O=C(NN=Cc1ccc(OCc2cccc3ccccc23)cc1)c1cccc(F)c1. The van der Waals surface area contributed by atoms with Crippen molar-refractivity contribution in [2.45, 2.75) is 6.61 Å². The summed E-state index contributed by atoms with van der Waals surface area (Å²) in [6, 6.07) is 27.2. The number of halogens is 1. The van der Waals surface area contributed by atoms with Crippen molar-refractivity contribution >= 4 is 22.9 Å². The minimum Gasteiger partial charge on any atom is -0.489 e. The number of hydrogen-bond acceptors (Lipinski definition) is 3. The zero-order valence-corrected chi connectivity index (χ0v) is 16.1. The Labute approximate surface area is 173 Å². The average molecular weight is 398 g/mol. The number of nitrogens with one attached hydrogen (secondary N) is 1. The highest BCUT2D eigenvalue weighted by Crippen LogP contribution is 2.20.